The summed E-state index contributed by atoms with van der Waals surface area (Å²) in [6, 6.07) is 25.2. The van der Waals surface area contributed by atoms with E-state index < -0.39 is 0 Å². The van der Waals surface area contributed by atoms with E-state index in [1.807, 2.05) is 72.8 Å². The fraction of sp³-hybridized carbons (Fsp3) is 0.231. The Kier molecular flexibility index (Phi) is 6.32. The van der Waals surface area contributed by atoms with Crippen molar-refractivity contribution in [3.05, 3.63) is 90.0 Å². The van der Waals surface area contributed by atoms with Gasteiger partial charge in [0.2, 0.25) is 5.91 Å². The minimum atomic E-state index is -0.328. The predicted molar refractivity (Wildman–Crippen MR) is 121 cm³/mol. The molecule has 0 radical (unpaired) electrons. The Morgan fingerprint density at radius 1 is 0.968 bits per heavy atom. The first kappa shape index (κ1) is 20.7. The van der Waals surface area contributed by atoms with Crippen LogP contribution in [0.3, 0.4) is 0 Å². The molecule has 2 amide bonds. The average Bonchev–Trinajstić information content (AvgIpc) is 3.01. The highest BCUT2D eigenvalue weighted by Crippen LogP contribution is 2.33. The molecule has 0 saturated carbocycles. The zero-order valence-corrected chi connectivity index (χ0v) is 17.6. The molecule has 0 aromatic heterocycles. The Bertz CT molecular complexity index is 1070. The van der Waals surface area contributed by atoms with E-state index in [0.29, 0.717) is 31.6 Å². The number of benzene rings is 3. The van der Waals surface area contributed by atoms with Gasteiger partial charge in [0.05, 0.1) is 13.0 Å². The van der Waals surface area contributed by atoms with Crippen molar-refractivity contribution in [3.63, 3.8) is 0 Å². The van der Waals surface area contributed by atoms with Crippen molar-refractivity contribution in [2.24, 2.45) is 5.92 Å². The molecule has 1 heterocycles. The quantitative estimate of drug-likeness (QED) is 0.691. The topological polar surface area (TPSA) is 58.6 Å². The van der Waals surface area contributed by atoms with Crippen molar-refractivity contribution >= 4 is 11.8 Å². The number of carbonyl (C=O) groups is 2. The van der Waals surface area contributed by atoms with Crippen LogP contribution in [0, 0.1) is 5.92 Å². The van der Waals surface area contributed by atoms with Gasteiger partial charge in [-0.3, -0.25) is 9.59 Å². The van der Waals surface area contributed by atoms with E-state index in [-0.39, 0.29) is 17.7 Å². The van der Waals surface area contributed by atoms with Crippen molar-refractivity contribution < 1.29 is 14.3 Å². The molecule has 4 rings (SSSR count). The Morgan fingerprint density at radius 3 is 2.42 bits per heavy atom. The lowest BCUT2D eigenvalue weighted by atomic mass is 9.91. The van der Waals surface area contributed by atoms with E-state index in [2.05, 4.69) is 11.4 Å². The highest BCUT2D eigenvalue weighted by Gasteiger charge is 2.29. The van der Waals surface area contributed by atoms with Crippen LogP contribution in [0.2, 0.25) is 0 Å². The number of nitrogens with one attached hydrogen (secondary N) is 1. The standard InChI is InChI=1S/C26H26N2O3/c1-31-24-14-8-7-13-23(24)22-12-6-5-11-20(22)17-21-18-28(16-15-27-25(21)29)26(30)19-9-3-2-4-10-19/h2-14,21H,15-18H2,1H3,(H,27,29)/t21-/m1/s1. The van der Waals surface area contributed by atoms with Gasteiger partial charge in [-0.25, -0.2) is 0 Å². The van der Waals surface area contributed by atoms with Gasteiger partial charge in [-0.2, -0.15) is 0 Å². The smallest absolute Gasteiger partial charge is 0.253 e. The number of nitrogens with zero attached hydrogens (tertiary/aromatic N) is 1. The molecule has 0 unspecified atom stereocenters. The predicted octanol–water partition coefficient (Wildman–Crippen LogP) is 3.79. The third kappa shape index (κ3) is 4.61. The summed E-state index contributed by atoms with van der Waals surface area (Å²) in [5.74, 6) is 0.408. The summed E-state index contributed by atoms with van der Waals surface area (Å²) < 4.78 is 5.55. The fourth-order valence-electron chi connectivity index (χ4n) is 4.10. The van der Waals surface area contributed by atoms with Gasteiger partial charge in [0.25, 0.3) is 5.91 Å². The molecular formula is C26H26N2O3. The van der Waals surface area contributed by atoms with E-state index in [9.17, 15) is 9.59 Å². The monoisotopic (exact) mass is 414 g/mol. The van der Waals surface area contributed by atoms with E-state index in [0.717, 1.165) is 22.4 Å². The maximum atomic E-state index is 13.0. The first-order valence-corrected chi connectivity index (χ1v) is 10.5. The number of rotatable bonds is 5. The fourth-order valence-corrected chi connectivity index (χ4v) is 4.10. The molecule has 3 aromatic rings. The van der Waals surface area contributed by atoms with Crippen LogP contribution in [-0.2, 0) is 11.2 Å². The number of amides is 2. The first-order valence-electron chi connectivity index (χ1n) is 10.5. The van der Waals surface area contributed by atoms with Crippen molar-refractivity contribution in [3.8, 4) is 16.9 Å². The van der Waals surface area contributed by atoms with Gasteiger partial charge in [-0.05, 0) is 35.7 Å². The van der Waals surface area contributed by atoms with Gasteiger partial charge in [-0.15, -0.1) is 0 Å². The summed E-state index contributed by atoms with van der Waals surface area (Å²) >= 11 is 0. The zero-order chi connectivity index (χ0) is 21.6. The third-order valence-electron chi connectivity index (χ3n) is 5.68. The van der Waals surface area contributed by atoms with Gasteiger partial charge < -0.3 is 15.0 Å². The van der Waals surface area contributed by atoms with E-state index in [1.54, 1.807) is 12.0 Å². The summed E-state index contributed by atoms with van der Waals surface area (Å²) in [5, 5.41) is 2.98. The Labute approximate surface area is 182 Å². The minimum Gasteiger partial charge on any atom is -0.496 e. The maximum Gasteiger partial charge on any atom is 0.253 e. The second kappa shape index (κ2) is 9.47. The summed E-state index contributed by atoms with van der Waals surface area (Å²) in [6.07, 6.45) is 0.540. The van der Waals surface area contributed by atoms with Gasteiger partial charge in [-0.1, -0.05) is 60.7 Å². The SMILES string of the molecule is COc1ccccc1-c1ccccc1C[C@@H]1CN(C(=O)c2ccccc2)CCNC1=O. The van der Waals surface area contributed by atoms with Crippen LogP contribution in [0.5, 0.6) is 5.75 Å². The summed E-state index contributed by atoms with van der Waals surface area (Å²) in [7, 11) is 1.66. The molecule has 0 spiro atoms. The third-order valence-corrected chi connectivity index (χ3v) is 5.68. The first-order chi connectivity index (χ1) is 15.2. The van der Waals surface area contributed by atoms with Gasteiger partial charge in [0, 0.05) is 30.8 Å². The number of para-hydroxylation sites is 1. The largest absolute Gasteiger partial charge is 0.496 e. The summed E-state index contributed by atoms with van der Waals surface area (Å²) in [4.78, 5) is 27.6. The van der Waals surface area contributed by atoms with Crippen LogP contribution < -0.4 is 10.1 Å². The van der Waals surface area contributed by atoms with Crippen LogP contribution in [0.4, 0.5) is 0 Å². The molecule has 158 valence electrons. The Hall–Kier alpha value is -3.60. The molecule has 3 aromatic carbocycles. The highest BCUT2D eigenvalue weighted by atomic mass is 16.5. The number of hydrogen-bond donors (Lipinski definition) is 1. The molecule has 5 nitrogen and oxygen atoms in total. The molecule has 1 saturated heterocycles. The lowest BCUT2D eigenvalue weighted by Gasteiger charge is -2.24. The molecular weight excluding hydrogens is 388 g/mol. The molecule has 31 heavy (non-hydrogen) atoms. The normalized spacial score (nSPS) is 16.4. The molecule has 1 fully saturated rings. The number of hydrogen-bond acceptors (Lipinski definition) is 3. The van der Waals surface area contributed by atoms with Gasteiger partial charge >= 0.3 is 0 Å². The summed E-state index contributed by atoms with van der Waals surface area (Å²) in [6.45, 7) is 1.35. The van der Waals surface area contributed by atoms with Crippen LogP contribution in [0.15, 0.2) is 78.9 Å². The van der Waals surface area contributed by atoms with Crippen molar-refractivity contribution in [2.45, 2.75) is 6.42 Å². The average molecular weight is 415 g/mol. The molecule has 1 atom stereocenters. The van der Waals surface area contributed by atoms with Crippen LogP contribution in [-0.4, -0.2) is 43.5 Å². The lowest BCUT2D eigenvalue weighted by Crippen LogP contribution is -2.37. The molecule has 0 bridgehead atoms. The lowest BCUT2D eigenvalue weighted by molar-refractivity contribution is -0.124. The van der Waals surface area contributed by atoms with Crippen molar-refractivity contribution in [1.82, 2.24) is 10.2 Å². The van der Waals surface area contributed by atoms with Gasteiger partial charge in [0.15, 0.2) is 0 Å². The molecule has 5 heteroatoms. The molecule has 1 aliphatic rings. The van der Waals surface area contributed by atoms with E-state index in [4.69, 9.17) is 4.74 Å². The van der Waals surface area contributed by atoms with Crippen LogP contribution >= 0.6 is 0 Å². The Morgan fingerprint density at radius 2 is 1.65 bits per heavy atom. The Balaban J connectivity index is 1.61. The maximum absolute atomic E-state index is 13.0. The van der Waals surface area contributed by atoms with E-state index >= 15 is 0 Å². The van der Waals surface area contributed by atoms with E-state index in [1.165, 1.54) is 0 Å². The van der Waals surface area contributed by atoms with Crippen LogP contribution in [0.25, 0.3) is 11.1 Å². The van der Waals surface area contributed by atoms with Crippen molar-refractivity contribution in [2.75, 3.05) is 26.7 Å². The van der Waals surface area contributed by atoms with Crippen molar-refractivity contribution in [1.29, 1.82) is 0 Å². The summed E-state index contributed by atoms with van der Waals surface area (Å²) in [5.41, 5.74) is 3.73. The van der Waals surface area contributed by atoms with Gasteiger partial charge in [0.1, 0.15) is 5.75 Å². The molecule has 0 aliphatic carbocycles. The molecule has 1 aliphatic heterocycles. The second-order valence-corrected chi connectivity index (χ2v) is 7.67. The number of carbonyl (C=O) groups excluding carboxylic acids is 2. The molecule has 1 N–H and O–H groups in total. The minimum absolute atomic E-state index is 0.0156. The number of methoxy groups -OCH3 is 1. The highest BCUT2D eigenvalue weighted by molar-refractivity contribution is 5.95. The second-order valence-electron chi connectivity index (χ2n) is 7.67. The van der Waals surface area contributed by atoms with Crippen LogP contribution in [0.1, 0.15) is 15.9 Å². The number of ether oxygens (including phenoxy) is 1. The zero-order valence-electron chi connectivity index (χ0n) is 17.6.